The van der Waals surface area contributed by atoms with Crippen molar-refractivity contribution >= 4 is 11.3 Å². The smallest absolute Gasteiger partial charge is 0.171 e. The Morgan fingerprint density at radius 3 is 3.00 bits per heavy atom. The van der Waals surface area contributed by atoms with Gasteiger partial charge in [0, 0.05) is 12.3 Å². The van der Waals surface area contributed by atoms with Crippen LogP contribution in [0.1, 0.15) is 0 Å². The zero-order chi connectivity index (χ0) is 10.8. The van der Waals surface area contributed by atoms with Gasteiger partial charge in [-0.2, -0.15) is 5.10 Å². The molecule has 0 amide bonds. The van der Waals surface area contributed by atoms with Crippen molar-refractivity contribution in [2.75, 3.05) is 0 Å². The van der Waals surface area contributed by atoms with Crippen molar-refractivity contribution in [1.29, 1.82) is 0 Å². The highest BCUT2D eigenvalue weighted by Gasteiger charge is 2.04. The summed E-state index contributed by atoms with van der Waals surface area (Å²) in [5.74, 6) is 1.43. The Balaban J connectivity index is 2.07. The third-order valence-corrected chi connectivity index (χ3v) is 2.90. The molecule has 3 heterocycles. The molecule has 0 unspecified atom stereocenters. The van der Waals surface area contributed by atoms with Crippen molar-refractivity contribution in [1.82, 2.24) is 24.7 Å². The molecule has 0 aliphatic carbocycles. The summed E-state index contributed by atoms with van der Waals surface area (Å²) in [5.41, 5.74) is 0. The summed E-state index contributed by atoms with van der Waals surface area (Å²) in [6, 6.07) is 5.77. The molecule has 0 saturated carbocycles. The van der Waals surface area contributed by atoms with Gasteiger partial charge in [-0.3, -0.25) is 0 Å². The molecule has 0 radical (unpaired) electrons. The van der Waals surface area contributed by atoms with Crippen LogP contribution in [-0.2, 0) is 0 Å². The van der Waals surface area contributed by atoms with Crippen molar-refractivity contribution in [3.63, 3.8) is 0 Å². The predicted octanol–water partition coefficient (Wildman–Crippen LogP) is 1.79. The second kappa shape index (κ2) is 3.82. The van der Waals surface area contributed by atoms with Crippen LogP contribution in [0.5, 0.6) is 0 Å². The average Bonchev–Trinajstić information content (AvgIpc) is 3.03. The van der Waals surface area contributed by atoms with Gasteiger partial charge in [-0.05, 0) is 11.4 Å². The van der Waals surface area contributed by atoms with Crippen molar-refractivity contribution in [3.8, 4) is 16.5 Å². The summed E-state index contributed by atoms with van der Waals surface area (Å²) in [6.07, 6.45) is 4.81. The Morgan fingerprint density at radius 1 is 1.25 bits per heavy atom. The molecule has 3 aromatic rings. The molecular weight excluding hydrogens is 222 g/mol. The Bertz CT molecular complexity index is 524. The first kappa shape index (κ1) is 9.17. The highest BCUT2D eigenvalue weighted by atomic mass is 32.1. The molecule has 0 N–H and O–H groups in total. The van der Waals surface area contributed by atoms with Gasteiger partial charge in [0.05, 0.1) is 4.88 Å². The Morgan fingerprint density at radius 2 is 2.25 bits per heavy atom. The normalized spacial score (nSPS) is 10.5. The van der Waals surface area contributed by atoms with E-state index in [4.69, 9.17) is 0 Å². The zero-order valence-electron chi connectivity index (χ0n) is 8.19. The minimum atomic E-state index is 0.711. The molecule has 0 spiro atoms. The molecule has 78 valence electrons. The molecule has 0 aliphatic heterocycles. The van der Waals surface area contributed by atoms with Gasteiger partial charge < -0.3 is 0 Å². The number of rotatable bonds is 2. The van der Waals surface area contributed by atoms with E-state index < -0.39 is 0 Å². The van der Waals surface area contributed by atoms with Crippen LogP contribution in [0.4, 0.5) is 0 Å². The standard InChI is InChI=1S/C10H7N5S/c1-2-8(16-5-1)10-12-4-3-9(14-10)15-7-11-6-13-15/h1-7H. The average molecular weight is 229 g/mol. The van der Waals surface area contributed by atoms with Gasteiger partial charge in [-0.1, -0.05) is 6.07 Å². The molecule has 0 aliphatic rings. The van der Waals surface area contributed by atoms with Crippen LogP contribution in [-0.4, -0.2) is 24.7 Å². The van der Waals surface area contributed by atoms with Crippen LogP contribution < -0.4 is 0 Å². The van der Waals surface area contributed by atoms with E-state index in [1.165, 1.54) is 6.33 Å². The summed E-state index contributed by atoms with van der Waals surface area (Å²) in [6.45, 7) is 0. The fraction of sp³-hybridized carbons (Fsp3) is 0. The lowest BCUT2D eigenvalue weighted by Gasteiger charge is -2.00. The van der Waals surface area contributed by atoms with E-state index in [0.717, 1.165) is 10.7 Å². The van der Waals surface area contributed by atoms with Crippen molar-refractivity contribution in [2.45, 2.75) is 0 Å². The first-order valence-corrected chi connectivity index (χ1v) is 5.53. The number of nitrogens with zero attached hydrogens (tertiary/aromatic N) is 5. The fourth-order valence-corrected chi connectivity index (χ4v) is 1.99. The van der Waals surface area contributed by atoms with Crippen molar-refractivity contribution in [2.24, 2.45) is 0 Å². The molecule has 0 aromatic carbocycles. The van der Waals surface area contributed by atoms with Crippen molar-refractivity contribution < 1.29 is 0 Å². The Hall–Kier alpha value is -2.08. The van der Waals surface area contributed by atoms with E-state index in [0.29, 0.717) is 5.82 Å². The molecule has 6 heteroatoms. The monoisotopic (exact) mass is 229 g/mol. The SMILES string of the molecule is c1csc(-c2nccc(-n3cncn3)n2)c1. The topological polar surface area (TPSA) is 56.5 Å². The van der Waals surface area contributed by atoms with Gasteiger partial charge in [0.1, 0.15) is 12.7 Å². The number of hydrogen-bond donors (Lipinski definition) is 0. The van der Waals surface area contributed by atoms with Gasteiger partial charge in [-0.25, -0.2) is 19.6 Å². The molecule has 3 aromatic heterocycles. The quantitative estimate of drug-likeness (QED) is 0.672. The van der Waals surface area contributed by atoms with Crippen LogP contribution in [0.2, 0.25) is 0 Å². The maximum atomic E-state index is 4.42. The van der Waals surface area contributed by atoms with Crippen LogP contribution in [0.25, 0.3) is 16.5 Å². The molecule has 0 saturated heterocycles. The van der Waals surface area contributed by atoms with Crippen molar-refractivity contribution in [3.05, 3.63) is 42.4 Å². The largest absolute Gasteiger partial charge is 0.236 e. The highest BCUT2D eigenvalue weighted by molar-refractivity contribution is 7.13. The maximum Gasteiger partial charge on any atom is 0.171 e. The summed E-state index contributed by atoms with van der Waals surface area (Å²) in [7, 11) is 0. The number of thiophene rings is 1. The van der Waals surface area contributed by atoms with Gasteiger partial charge in [0.2, 0.25) is 0 Å². The van der Waals surface area contributed by atoms with Crippen LogP contribution in [0.3, 0.4) is 0 Å². The Labute approximate surface area is 95.5 Å². The van der Waals surface area contributed by atoms with Gasteiger partial charge >= 0.3 is 0 Å². The van der Waals surface area contributed by atoms with E-state index in [2.05, 4.69) is 20.1 Å². The molecule has 5 nitrogen and oxygen atoms in total. The second-order valence-electron chi connectivity index (χ2n) is 3.06. The molecule has 16 heavy (non-hydrogen) atoms. The lowest BCUT2D eigenvalue weighted by Crippen LogP contribution is -1.99. The summed E-state index contributed by atoms with van der Waals surface area (Å²) >= 11 is 1.61. The van der Waals surface area contributed by atoms with Crippen LogP contribution in [0.15, 0.2) is 42.4 Å². The molecule has 3 rings (SSSR count). The summed E-state index contributed by atoms with van der Waals surface area (Å²) in [4.78, 5) is 13.6. The molecular formula is C10H7N5S. The predicted molar refractivity (Wildman–Crippen MR) is 60.3 cm³/mol. The zero-order valence-corrected chi connectivity index (χ0v) is 9.00. The van der Waals surface area contributed by atoms with E-state index >= 15 is 0 Å². The molecule has 0 atom stereocenters. The van der Waals surface area contributed by atoms with Gasteiger partial charge in [0.15, 0.2) is 11.6 Å². The van der Waals surface area contributed by atoms with E-state index in [9.17, 15) is 0 Å². The highest BCUT2D eigenvalue weighted by Crippen LogP contribution is 2.20. The lowest BCUT2D eigenvalue weighted by molar-refractivity contribution is 0.840. The summed E-state index contributed by atoms with van der Waals surface area (Å²) in [5, 5.41) is 6.03. The minimum absolute atomic E-state index is 0.711. The summed E-state index contributed by atoms with van der Waals surface area (Å²) < 4.78 is 1.61. The number of aromatic nitrogens is 5. The van der Waals surface area contributed by atoms with Crippen LogP contribution >= 0.6 is 11.3 Å². The Kier molecular flexibility index (Phi) is 2.19. The van der Waals surface area contributed by atoms with Gasteiger partial charge in [0.25, 0.3) is 0 Å². The molecule has 0 fully saturated rings. The lowest BCUT2D eigenvalue weighted by atomic mass is 10.4. The van der Waals surface area contributed by atoms with Crippen LogP contribution in [0, 0.1) is 0 Å². The fourth-order valence-electron chi connectivity index (χ4n) is 1.33. The van der Waals surface area contributed by atoms with E-state index in [1.54, 1.807) is 34.6 Å². The van der Waals surface area contributed by atoms with E-state index in [-0.39, 0.29) is 0 Å². The molecule has 0 bridgehead atoms. The van der Waals surface area contributed by atoms with Gasteiger partial charge in [-0.15, -0.1) is 11.3 Å². The second-order valence-corrected chi connectivity index (χ2v) is 4.00. The third-order valence-electron chi connectivity index (χ3n) is 2.04. The minimum Gasteiger partial charge on any atom is -0.236 e. The number of hydrogen-bond acceptors (Lipinski definition) is 5. The first-order valence-electron chi connectivity index (χ1n) is 4.65. The third kappa shape index (κ3) is 1.59. The maximum absolute atomic E-state index is 4.42. The van der Waals surface area contributed by atoms with E-state index in [1.807, 2.05) is 17.5 Å². The first-order chi connectivity index (χ1) is 7.93.